The number of benzene rings is 2. The molecule has 7 nitrogen and oxygen atoms in total. The van der Waals surface area contributed by atoms with Gasteiger partial charge >= 0.3 is 0 Å². The van der Waals surface area contributed by atoms with Gasteiger partial charge in [-0.05, 0) is 47.8 Å². The van der Waals surface area contributed by atoms with Crippen molar-refractivity contribution in [1.29, 1.82) is 0 Å². The third-order valence-electron chi connectivity index (χ3n) is 5.38. The maximum absolute atomic E-state index is 13.1. The number of ether oxygens (including phenoxy) is 1. The summed E-state index contributed by atoms with van der Waals surface area (Å²) in [7, 11) is 1.56. The first-order chi connectivity index (χ1) is 16.0. The number of rotatable bonds is 5. The molecule has 1 aromatic heterocycles. The third-order valence-corrected chi connectivity index (χ3v) is 6.58. The average Bonchev–Trinajstić information content (AvgIpc) is 3.40. The van der Waals surface area contributed by atoms with Crippen LogP contribution in [0.2, 0.25) is 5.02 Å². The third kappa shape index (κ3) is 5.18. The quantitative estimate of drug-likeness (QED) is 0.588. The molecule has 0 spiro atoms. The molecule has 0 unspecified atom stereocenters. The Kier molecular flexibility index (Phi) is 6.96. The maximum Gasteiger partial charge on any atom is 0.265 e. The number of halogens is 1. The highest BCUT2D eigenvalue weighted by Crippen LogP contribution is 2.25. The van der Waals surface area contributed by atoms with Crippen molar-refractivity contribution in [2.24, 2.45) is 0 Å². The Balaban J connectivity index is 1.40. The van der Waals surface area contributed by atoms with Crippen molar-refractivity contribution in [2.75, 3.05) is 38.6 Å². The molecule has 9 heteroatoms. The zero-order valence-corrected chi connectivity index (χ0v) is 19.5. The summed E-state index contributed by atoms with van der Waals surface area (Å²) < 4.78 is 5.19. The fraction of sp³-hybridized carbons (Fsp3) is 0.208. The number of thiophene rings is 1. The van der Waals surface area contributed by atoms with Crippen molar-refractivity contribution in [1.82, 2.24) is 9.80 Å². The summed E-state index contributed by atoms with van der Waals surface area (Å²) in [4.78, 5) is 42.2. The highest BCUT2D eigenvalue weighted by atomic mass is 35.5. The molecule has 1 fully saturated rings. The van der Waals surface area contributed by atoms with Gasteiger partial charge in [0.1, 0.15) is 5.75 Å². The second-order valence-electron chi connectivity index (χ2n) is 7.44. The fourth-order valence-electron chi connectivity index (χ4n) is 3.58. The Morgan fingerprint density at radius 3 is 2.18 bits per heavy atom. The molecule has 1 saturated heterocycles. The Hall–Kier alpha value is -3.36. The predicted octanol–water partition coefficient (Wildman–Crippen LogP) is 4.26. The molecule has 1 N–H and O–H groups in total. The van der Waals surface area contributed by atoms with E-state index >= 15 is 0 Å². The van der Waals surface area contributed by atoms with E-state index in [2.05, 4.69) is 5.32 Å². The van der Waals surface area contributed by atoms with Crippen LogP contribution in [0.25, 0.3) is 0 Å². The molecule has 3 aromatic rings. The van der Waals surface area contributed by atoms with Gasteiger partial charge in [0, 0.05) is 37.3 Å². The van der Waals surface area contributed by atoms with E-state index in [4.69, 9.17) is 16.3 Å². The van der Waals surface area contributed by atoms with Crippen molar-refractivity contribution in [3.05, 3.63) is 81.0 Å². The standard InChI is InChI=1S/C24H22ClN3O4S/c1-32-18-5-2-4-16(14-18)23(30)27-9-11-28(12-10-27)24(31)17-7-8-19(25)20(15-17)26-22(29)21-6-3-13-33-21/h2-8,13-15H,9-12H2,1H3,(H,26,29). The summed E-state index contributed by atoms with van der Waals surface area (Å²) in [6.07, 6.45) is 0. The maximum atomic E-state index is 13.1. The highest BCUT2D eigenvalue weighted by molar-refractivity contribution is 7.12. The van der Waals surface area contributed by atoms with E-state index in [0.717, 1.165) is 0 Å². The van der Waals surface area contributed by atoms with Gasteiger partial charge in [-0.15, -0.1) is 11.3 Å². The van der Waals surface area contributed by atoms with Crippen LogP contribution in [0.15, 0.2) is 60.0 Å². The molecular formula is C24H22ClN3O4S. The molecule has 4 rings (SSSR count). The number of nitrogens with zero attached hydrogens (tertiary/aromatic N) is 2. The molecule has 2 heterocycles. The first-order valence-corrected chi connectivity index (χ1v) is 11.6. The number of nitrogens with one attached hydrogen (secondary N) is 1. The molecule has 33 heavy (non-hydrogen) atoms. The van der Waals surface area contributed by atoms with E-state index < -0.39 is 0 Å². The number of methoxy groups -OCH3 is 1. The summed E-state index contributed by atoms with van der Waals surface area (Å²) >= 11 is 7.56. The lowest BCUT2D eigenvalue weighted by molar-refractivity contribution is 0.0535. The summed E-state index contributed by atoms with van der Waals surface area (Å²) in [5, 5.41) is 4.93. The molecule has 1 aliphatic rings. The zero-order chi connectivity index (χ0) is 23.4. The topological polar surface area (TPSA) is 79.0 Å². The van der Waals surface area contributed by atoms with E-state index in [1.54, 1.807) is 71.5 Å². The Labute approximate surface area is 200 Å². The number of amides is 3. The number of carbonyl (C=O) groups is 3. The van der Waals surface area contributed by atoms with Gasteiger partial charge in [-0.1, -0.05) is 23.7 Å². The minimum atomic E-state index is -0.277. The molecule has 0 radical (unpaired) electrons. The lowest BCUT2D eigenvalue weighted by Gasteiger charge is -2.35. The molecule has 3 amide bonds. The number of carbonyl (C=O) groups excluding carboxylic acids is 3. The van der Waals surface area contributed by atoms with Crippen molar-refractivity contribution in [2.45, 2.75) is 0 Å². The Morgan fingerprint density at radius 2 is 1.58 bits per heavy atom. The smallest absolute Gasteiger partial charge is 0.265 e. The first-order valence-electron chi connectivity index (χ1n) is 10.3. The van der Waals surface area contributed by atoms with E-state index in [0.29, 0.717) is 58.6 Å². The van der Waals surface area contributed by atoms with Gasteiger partial charge in [0.15, 0.2) is 0 Å². The summed E-state index contributed by atoms with van der Waals surface area (Å²) in [5.74, 6) is 0.0818. The van der Waals surface area contributed by atoms with Crippen LogP contribution in [0.3, 0.4) is 0 Å². The summed E-state index contributed by atoms with van der Waals surface area (Å²) in [6.45, 7) is 1.68. The minimum Gasteiger partial charge on any atom is -0.497 e. The van der Waals surface area contributed by atoms with Crippen LogP contribution in [0, 0.1) is 0 Å². The van der Waals surface area contributed by atoms with Gasteiger partial charge in [0.2, 0.25) is 0 Å². The highest BCUT2D eigenvalue weighted by Gasteiger charge is 2.26. The van der Waals surface area contributed by atoms with Crippen LogP contribution >= 0.6 is 22.9 Å². The molecule has 2 aromatic carbocycles. The summed E-state index contributed by atoms with van der Waals surface area (Å²) in [6, 6.07) is 15.4. The molecule has 0 aliphatic carbocycles. The number of hydrogen-bond donors (Lipinski definition) is 1. The molecule has 0 bridgehead atoms. The molecule has 0 saturated carbocycles. The zero-order valence-electron chi connectivity index (χ0n) is 17.9. The second-order valence-corrected chi connectivity index (χ2v) is 8.80. The molecule has 1 aliphatic heterocycles. The van der Waals surface area contributed by atoms with Crippen LogP contribution in [-0.4, -0.2) is 60.8 Å². The van der Waals surface area contributed by atoms with E-state index in [9.17, 15) is 14.4 Å². The summed E-state index contributed by atoms with van der Waals surface area (Å²) in [5.41, 5.74) is 1.36. The number of hydrogen-bond acceptors (Lipinski definition) is 5. The monoisotopic (exact) mass is 483 g/mol. The molecular weight excluding hydrogens is 462 g/mol. The first kappa shape index (κ1) is 22.8. The lowest BCUT2D eigenvalue weighted by Crippen LogP contribution is -2.50. The van der Waals surface area contributed by atoms with Crippen molar-refractivity contribution >= 4 is 46.3 Å². The second kappa shape index (κ2) is 10.1. The van der Waals surface area contributed by atoms with Crippen LogP contribution in [0.4, 0.5) is 5.69 Å². The lowest BCUT2D eigenvalue weighted by atomic mass is 10.1. The fourth-order valence-corrected chi connectivity index (χ4v) is 4.36. The van der Waals surface area contributed by atoms with Crippen LogP contribution in [-0.2, 0) is 0 Å². The van der Waals surface area contributed by atoms with Crippen molar-refractivity contribution in [3.63, 3.8) is 0 Å². The predicted molar refractivity (Wildman–Crippen MR) is 129 cm³/mol. The van der Waals surface area contributed by atoms with Gasteiger partial charge in [0.25, 0.3) is 17.7 Å². The van der Waals surface area contributed by atoms with Crippen molar-refractivity contribution < 1.29 is 19.1 Å². The minimum absolute atomic E-state index is 0.0916. The normalized spacial score (nSPS) is 13.5. The van der Waals surface area contributed by atoms with Gasteiger partial charge < -0.3 is 19.9 Å². The van der Waals surface area contributed by atoms with Crippen LogP contribution in [0.1, 0.15) is 30.4 Å². The Bertz CT molecular complexity index is 1170. The van der Waals surface area contributed by atoms with Crippen LogP contribution in [0.5, 0.6) is 5.75 Å². The molecule has 0 atom stereocenters. The van der Waals surface area contributed by atoms with Gasteiger partial charge in [-0.3, -0.25) is 14.4 Å². The van der Waals surface area contributed by atoms with Gasteiger partial charge in [-0.2, -0.15) is 0 Å². The largest absolute Gasteiger partial charge is 0.497 e. The van der Waals surface area contributed by atoms with E-state index in [1.807, 2.05) is 5.38 Å². The van der Waals surface area contributed by atoms with Gasteiger partial charge in [-0.25, -0.2) is 0 Å². The van der Waals surface area contributed by atoms with Crippen LogP contribution < -0.4 is 10.1 Å². The number of piperazine rings is 1. The average molecular weight is 484 g/mol. The van der Waals surface area contributed by atoms with Gasteiger partial charge in [0.05, 0.1) is 22.7 Å². The van der Waals surface area contributed by atoms with Crippen molar-refractivity contribution in [3.8, 4) is 5.75 Å². The Morgan fingerprint density at radius 1 is 0.909 bits per heavy atom. The SMILES string of the molecule is COc1cccc(C(=O)N2CCN(C(=O)c3ccc(Cl)c(NC(=O)c4cccs4)c3)CC2)c1. The van der Waals surface area contributed by atoms with E-state index in [1.165, 1.54) is 11.3 Å². The molecule has 170 valence electrons. The van der Waals surface area contributed by atoms with E-state index in [-0.39, 0.29) is 17.7 Å². The number of anilines is 1.